The Bertz CT molecular complexity index is 981. The van der Waals surface area contributed by atoms with Crippen molar-refractivity contribution >= 4 is 15.9 Å². The van der Waals surface area contributed by atoms with Crippen LogP contribution in [0.1, 0.15) is 13.0 Å². The number of fused-ring (bicyclic) bond motifs is 1. The maximum Gasteiger partial charge on any atom is 0.256 e. The van der Waals surface area contributed by atoms with E-state index in [0.29, 0.717) is 30.8 Å². The molecule has 1 fully saturated rings. The van der Waals surface area contributed by atoms with Crippen LogP contribution >= 0.6 is 0 Å². The summed E-state index contributed by atoms with van der Waals surface area (Å²) in [5.74, 6) is -0.408. The van der Waals surface area contributed by atoms with E-state index >= 15 is 0 Å². The van der Waals surface area contributed by atoms with Gasteiger partial charge in [0.05, 0.1) is 13.1 Å². The topological polar surface area (TPSA) is 61.8 Å². The second-order valence-electron chi connectivity index (χ2n) is 6.05. The molecule has 130 valence electrons. The number of amidine groups is 1. The fraction of sp³-hybridized carbons (Fsp3) is 0.278. The first-order valence-electron chi connectivity index (χ1n) is 8.58. The van der Waals surface area contributed by atoms with Crippen LogP contribution in [0.5, 0.6) is 0 Å². The third-order valence-electron chi connectivity index (χ3n) is 4.39. The molecular weight excluding hydrogens is 341 g/mol. The summed E-state index contributed by atoms with van der Waals surface area (Å²) in [6.07, 6.45) is 0. The van der Waals surface area contributed by atoms with Gasteiger partial charge in [0.2, 0.25) is 0 Å². The Morgan fingerprint density at radius 3 is 2.76 bits per heavy atom. The van der Waals surface area contributed by atoms with Gasteiger partial charge in [-0.3, -0.25) is 0 Å². The zero-order chi connectivity index (χ0) is 18.4. The highest BCUT2D eigenvalue weighted by molar-refractivity contribution is 7.90. The van der Waals surface area contributed by atoms with Crippen LogP contribution in [0.2, 0.25) is 0 Å². The molecule has 1 atom stereocenters. The molecule has 2 aromatic rings. The van der Waals surface area contributed by atoms with Gasteiger partial charge >= 0.3 is 0 Å². The SMILES string of the molecule is [2H]C1(c2ccc(-c3ccccc3)c(F)c2)NCCN2CCS(=O)(=O)N=C21. The van der Waals surface area contributed by atoms with E-state index in [1.807, 2.05) is 30.3 Å². The van der Waals surface area contributed by atoms with Crippen LogP contribution in [-0.4, -0.2) is 44.5 Å². The lowest BCUT2D eigenvalue weighted by Gasteiger charge is -2.38. The molecule has 2 heterocycles. The molecule has 5 nitrogen and oxygen atoms in total. The third kappa shape index (κ3) is 3.17. The number of nitrogens with one attached hydrogen (secondary N) is 1. The second kappa shape index (κ2) is 6.24. The Morgan fingerprint density at radius 1 is 1.20 bits per heavy atom. The maximum atomic E-state index is 14.8. The van der Waals surface area contributed by atoms with Gasteiger partial charge < -0.3 is 10.2 Å². The summed E-state index contributed by atoms with van der Waals surface area (Å²) in [4.78, 5) is 1.79. The Kier molecular flexibility index (Phi) is 3.75. The van der Waals surface area contributed by atoms with Crippen molar-refractivity contribution in [3.63, 3.8) is 0 Å². The molecule has 0 spiro atoms. The Labute approximate surface area is 147 Å². The van der Waals surface area contributed by atoms with Crippen LogP contribution in [0.4, 0.5) is 4.39 Å². The fourth-order valence-electron chi connectivity index (χ4n) is 3.14. The minimum atomic E-state index is -3.60. The van der Waals surface area contributed by atoms with Crippen molar-refractivity contribution in [3.05, 3.63) is 59.9 Å². The molecule has 4 rings (SSSR count). The highest BCUT2D eigenvalue weighted by Crippen LogP contribution is 2.28. The van der Waals surface area contributed by atoms with Gasteiger partial charge in [-0.25, -0.2) is 12.8 Å². The van der Waals surface area contributed by atoms with Crippen molar-refractivity contribution in [1.82, 2.24) is 10.2 Å². The summed E-state index contributed by atoms with van der Waals surface area (Å²) in [5, 5.41) is 3.00. The average Bonchev–Trinajstić information content (AvgIpc) is 2.63. The third-order valence-corrected chi connectivity index (χ3v) is 5.54. The summed E-state index contributed by atoms with van der Waals surface area (Å²) in [6.45, 7) is 1.36. The Balaban J connectivity index is 1.79. The number of nitrogens with zero attached hydrogens (tertiary/aromatic N) is 2. The lowest BCUT2D eigenvalue weighted by atomic mass is 9.98. The first-order chi connectivity index (χ1) is 12.4. The summed E-state index contributed by atoms with van der Waals surface area (Å²) in [6, 6.07) is 12.1. The zero-order valence-electron chi connectivity index (χ0n) is 14.4. The van der Waals surface area contributed by atoms with Gasteiger partial charge in [0.15, 0.2) is 0 Å². The number of halogens is 1. The van der Waals surface area contributed by atoms with Crippen molar-refractivity contribution in [3.8, 4) is 11.1 Å². The van der Waals surface area contributed by atoms with E-state index in [-0.39, 0.29) is 11.6 Å². The first kappa shape index (κ1) is 15.0. The molecule has 7 heteroatoms. The molecule has 25 heavy (non-hydrogen) atoms. The van der Waals surface area contributed by atoms with E-state index in [4.69, 9.17) is 1.37 Å². The summed E-state index contributed by atoms with van der Waals surface area (Å²) in [7, 11) is -3.60. The molecule has 0 aliphatic carbocycles. The van der Waals surface area contributed by atoms with Gasteiger partial charge in [0.1, 0.15) is 11.7 Å². The number of benzene rings is 2. The lowest BCUT2D eigenvalue weighted by Crippen LogP contribution is -2.53. The second-order valence-corrected chi connectivity index (χ2v) is 7.81. The molecule has 2 aliphatic heterocycles. The van der Waals surface area contributed by atoms with E-state index in [2.05, 4.69) is 9.71 Å². The van der Waals surface area contributed by atoms with Crippen molar-refractivity contribution < 1.29 is 14.2 Å². The quantitative estimate of drug-likeness (QED) is 0.892. The average molecular weight is 360 g/mol. The highest BCUT2D eigenvalue weighted by atomic mass is 32.2. The molecular formula is C18H18FN3O2S. The molecule has 0 radical (unpaired) electrons. The highest BCUT2D eigenvalue weighted by Gasteiger charge is 2.33. The number of piperazine rings is 1. The molecule has 0 saturated carbocycles. The van der Waals surface area contributed by atoms with Crippen molar-refractivity contribution in [2.75, 3.05) is 25.4 Å². The van der Waals surface area contributed by atoms with Crippen LogP contribution in [0.3, 0.4) is 0 Å². The van der Waals surface area contributed by atoms with Crippen molar-refractivity contribution in [2.24, 2.45) is 4.40 Å². The van der Waals surface area contributed by atoms with E-state index in [1.165, 1.54) is 6.07 Å². The molecule has 0 bridgehead atoms. The summed E-state index contributed by atoms with van der Waals surface area (Å²) < 4.78 is 51.3. The molecule has 2 aromatic carbocycles. The minimum absolute atomic E-state index is 0.0616. The van der Waals surface area contributed by atoms with Gasteiger partial charge in [-0.2, -0.15) is 0 Å². The van der Waals surface area contributed by atoms with Crippen LogP contribution in [0, 0.1) is 5.82 Å². The Morgan fingerprint density at radius 2 is 2.00 bits per heavy atom. The van der Waals surface area contributed by atoms with E-state index < -0.39 is 21.9 Å². The molecule has 1 unspecified atom stereocenters. The number of hydrogen-bond donors (Lipinski definition) is 1. The van der Waals surface area contributed by atoms with E-state index in [1.54, 1.807) is 17.0 Å². The summed E-state index contributed by atoms with van der Waals surface area (Å²) in [5.41, 5.74) is 1.51. The first-order valence-corrected chi connectivity index (χ1v) is 9.68. The minimum Gasteiger partial charge on any atom is -0.355 e. The lowest BCUT2D eigenvalue weighted by molar-refractivity contribution is 0.360. The van der Waals surface area contributed by atoms with Gasteiger partial charge in [-0.05, 0) is 17.2 Å². The fourth-order valence-corrected chi connectivity index (χ4v) is 4.15. The number of hydrogen-bond acceptors (Lipinski definition) is 4. The monoisotopic (exact) mass is 360 g/mol. The number of sulfonamides is 1. The maximum absolute atomic E-state index is 14.8. The molecule has 1 saturated heterocycles. The molecule has 0 aromatic heterocycles. The van der Waals surface area contributed by atoms with Crippen molar-refractivity contribution in [1.29, 1.82) is 0 Å². The van der Waals surface area contributed by atoms with Gasteiger partial charge in [-0.15, -0.1) is 4.40 Å². The zero-order valence-corrected chi connectivity index (χ0v) is 14.3. The van der Waals surface area contributed by atoms with Crippen LogP contribution in [0.25, 0.3) is 11.1 Å². The van der Waals surface area contributed by atoms with Crippen LogP contribution in [0.15, 0.2) is 52.9 Å². The van der Waals surface area contributed by atoms with Gasteiger partial charge in [0.25, 0.3) is 10.0 Å². The Hall–Kier alpha value is -2.25. The van der Waals surface area contributed by atoms with Crippen LogP contribution < -0.4 is 5.32 Å². The molecule has 0 amide bonds. The van der Waals surface area contributed by atoms with Crippen molar-refractivity contribution in [2.45, 2.75) is 6.02 Å². The smallest absolute Gasteiger partial charge is 0.256 e. The van der Waals surface area contributed by atoms with E-state index in [0.717, 1.165) is 5.56 Å². The standard InChI is InChI=1S/C18H18FN3O2S/c19-16-12-14(6-7-15(16)13-4-2-1-3-5-13)17-18-21-25(23,24)11-10-22(18)9-8-20-17/h1-7,12,17,20H,8-11H2/i17D. The van der Waals surface area contributed by atoms with Gasteiger partial charge in [0, 0.05) is 25.2 Å². The predicted octanol–water partition coefficient (Wildman–Crippen LogP) is 2.18. The predicted molar refractivity (Wildman–Crippen MR) is 95.4 cm³/mol. The molecule has 1 N–H and O–H groups in total. The largest absolute Gasteiger partial charge is 0.355 e. The normalized spacial score (nSPS) is 25.7. The number of rotatable bonds is 2. The summed E-state index contributed by atoms with van der Waals surface area (Å²) >= 11 is 0. The van der Waals surface area contributed by atoms with Crippen LogP contribution in [-0.2, 0) is 10.0 Å². The molecule has 2 aliphatic rings. The van der Waals surface area contributed by atoms with E-state index in [9.17, 15) is 12.8 Å². The van der Waals surface area contributed by atoms with Gasteiger partial charge in [-0.1, -0.05) is 42.5 Å².